The maximum Gasteiger partial charge on any atom is 0.343 e. The van der Waals surface area contributed by atoms with Crippen molar-refractivity contribution < 1.29 is 13.9 Å². The van der Waals surface area contributed by atoms with Gasteiger partial charge in [-0.3, -0.25) is 4.79 Å². The van der Waals surface area contributed by atoms with Crippen LogP contribution in [-0.2, 0) is 4.79 Å². The molecule has 2 heterocycles. The first kappa shape index (κ1) is 12.9. The molecule has 4 heteroatoms. The van der Waals surface area contributed by atoms with Gasteiger partial charge in [-0.25, -0.2) is 4.79 Å². The average molecular weight is 272 g/mol. The summed E-state index contributed by atoms with van der Waals surface area (Å²) in [5, 5.41) is 0.684. The van der Waals surface area contributed by atoms with Crippen molar-refractivity contribution in [1.82, 2.24) is 0 Å². The van der Waals surface area contributed by atoms with Crippen LogP contribution < -0.4 is 10.4 Å². The Morgan fingerprint density at radius 3 is 2.75 bits per heavy atom. The monoisotopic (exact) mass is 272 g/mol. The third kappa shape index (κ3) is 2.11. The number of hydrogen-bond acceptors (Lipinski definition) is 4. The normalized spacial score (nSPS) is 18.1. The summed E-state index contributed by atoms with van der Waals surface area (Å²) < 4.78 is 10.7. The summed E-state index contributed by atoms with van der Waals surface area (Å²) in [5.74, 6) is 0.384. The largest absolute Gasteiger partial charge is 0.425 e. The molecule has 20 heavy (non-hydrogen) atoms. The lowest BCUT2D eigenvalue weighted by molar-refractivity contribution is -0.136. The van der Waals surface area contributed by atoms with E-state index < -0.39 is 5.63 Å². The molecule has 0 amide bonds. The van der Waals surface area contributed by atoms with Crippen LogP contribution in [0.15, 0.2) is 33.5 Å². The molecule has 0 spiro atoms. The Bertz CT molecular complexity index is 727. The topological polar surface area (TPSA) is 56.5 Å². The molecule has 1 aliphatic heterocycles. The number of esters is 1. The van der Waals surface area contributed by atoms with Crippen molar-refractivity contribution in [3.8, 4) is 5.75 Å². The van der Waals surface area contributed by atoms with E-state index in [-0.39, 0.29) is 18.3 Å². The lowest BCUT2D eigenvalue weighted by atomic mass is 9.86. The highest BCUT2D eigenvalue weighted by molar-refractivity contribution is 5.89. The highest BCUT2D eigenvalue weighted by Crippen LogP contribution is 2.39. The molecule has 1 aromatic heterocycles. The predicted molar refractivity (Wildman–Crippen MR) is 74.9 cm³/mol. The van der Waals surface area contributed by atoms with E-state index in [1.165, 1.54) is 0 Å². The van der Waals surface area contributed by atoms with E-state index in [0.29, 0.717) is 28.2 Å². The van der Waals surface area contributed by atoms with E-state index in [9.17, 15) is 9.59 Å². The first-order valence-electron chi connectivity index (χ1n) is 6.82. The van der Waals surface area contributed by atoms with Crippen LogP contribution >= 0.6 is 0 Å². The lowest BCUT2D eigenvalue weighted by Crippen LogP contribution is -2.26. The summed E-state index contributed by atoms with van der Waals surface area (Å²) in [4.78, 5) is 24.0. The molecule has 0 unspecified atom stereocenters. The predicted octanol–water partition coefficient (Wildman–Crippen LogP) is 3.23. The van der Waals surface area contributed by atoms with Gasteiger partial charge in [-0.05, 0) is 24.5 Å². The standard InChI is InChI=1S/C16H16O4/c1-9(2)7-10-8-13(17)20-15-11-5-3-4-6-12(11)19-16(18)14(10)15/h3-6,9-10H,7-8H2,1-2H3/t10-/m1/s1. The Balaban J connectivity index is 2.26. The smallest absolute Gasteiger partial charge is 0.343 e. The van der Waals surface area contributed by atoms with Gasteiger partial charge in [0.05, 0.1) is 17.4 Å². The van der Waals surface area contributed by atoms with Gasteiger partial charge in [0.25, 0.3) is 0 Å². The number of fused-ring (bicyclic) bond motifs is 3. The number of benzene rings is 1. The summed E-state index contributed by atoms with van der Waals surface area (Å²) in [5.41, 5.74) is 0.572. The quantitative estimate of drug-likeness (QED) is 0.622. The molecule has 0 N–H and O–H groups in total. The van der Waals surface area contributed by atoms with Crippen molar-refractivity contribution >= 4 is 16.9 Å². The van der Waals surface area contributed by atoms with Crippen LogP contribution in [0, 0.1) is 5.92 Å². The maximum atomic E-state index is 12.2. The van der Waals surface area contributed by atoms with E-state index in [1.807, 2.05) is 12.1 Å². The Morgan fingerprint density at radius 1 is 1.25 bits per heavy atom. The van der Waals surface area contributed by atoms with Crippen LogP contribution in [0.5, 0.6) is 5.75 Å². The van der Waals surface area contributed by atoms with E-state index in [1.54, 1.807) is 12.1 Å². The van der Waals surface area contributed by atoms with Crippen LogP contribution in [-0.4, -0.2) is 5.97 Å². The molecule has 0 saturated heterocycles. The molecule has 3 rings (SSSR count). The molecule has 0 radical (unpaired) electrons. The summed E-state index contributed by atoms with van der Waals surface area (Å²) in [7, 11) is 0. The fourth-order valence-corrected chi connectivity index (χ4v) is 2.83. The Labute approximate surface area is 116 Å². The van der Waals surface area contributed by atoms with Crippen molar-refractivity contribution in [2.75, 3.05) is 0 Å². The van der Waals surface area contributed by atoms with Crippen LogP contribution in [0.3, 0.4) is 0 Å². The van der Waals surface area contributed by atoms with Gasteiger partial charge >= 0.3 is 11.6 Å². The van der Waals surface area contributed by atoms with Crippen molar-refractivity contribution in [1.29, 1.82) is 0 Å². The fourth-order valence-electron chi connectivity index (χ4n) is 2.83. The average Bonchev–Trinajstić information content (AvgIpc) is 2.37. The maximum absolute atomic E-state index is 12.2. The second-order valence-electron chi connectivity index (χ2n) is 5.63. The molecule has 0 fully saturated rings. The Morgan fingerprint density at radius 2 is 2.00 bits per heavy atom. The minimum Gasteiger partial charge on any atom is -0.425 e. The van der Waals surface area contributed by atoms with Crippen molar-refractivity contribution in [3.05, 3.63) is 40.2 Å². The van der Waals surface area contributed by atoms with E-state index >= 15 is 0 Å². The molecule has 1 atom stereocenters. The highest BCUT2D eigenvalue weighted by atomic mass is 16.5. The zero-order valence-corrected chi connectivity index (χ0v) is 11.5. The molecular formula is C16H16O4. The number of rotatable bonds is 2. The highest BCUT2D eigenvalue weighted by Gasteiger charge is 2.32. The molecule has 2 aromatic rings. The lowest BCUT2D eigenvalue weighted by Gasteiger charge is -2.25. The number of carbonyl (C=O) groups is 1. The second kappa shape index (κ2) is 4.78. The first-order valence-corrected chi connectivity index (χ1v) is 6.82. The molecule has 4 nitrogen and oxygen atoms in total. The minimum absolute atomic E-state index is 0.118. The molecule has 104 valence electrons. The number of ether oxygens (including phenoxy) is 1. The number of carbonyl (C=O) groups excluding carboxylic acids is 1. The fraction of sp³-hybridized carbons (Fsp3) is 0.375. The van der Waals surface area contributed by atoms with Crippen LogP contribution in [0.2, 0.25) is 0 Å². The summed E-state index contributed by atoms with van der Waals surface area (Å²) in [6.45, 7) is 4.14. The van der Waals surface area contributed by atoms with Crippen LogP contribution in [0.4, 0.5) is 0 Å². The van der Waals surface area contributed by atoms with Gasteiger partial charge < -0.3 is 9.15 Å². The Hall–Kier alpha value is -2.10. The van der Waals surface area contributed by atoms with E-state index in [0.717, 1.165) is 6.42 Å². The molecule has 1 aromatic carbocycles. The SMILES string of the molecule is CC(C)C[C@@H]1CC(=O)Oc2c1c(=O)oc1ccccc21. The molecule has 0 aliphatic carbocycles. The zero-order chi connectivity index (χ0) is 14.3. The van der Waals surface area contributed by atoms with Crippen molar-refractivity contribution in [2.24, 2.45) is 5.92 Å². The number of hydrogen-bond donors (Lipinski definition) is 0. The zero-order valence-electron chi connectivity index (χ0n) is 11.5. The van der Waals surface area contributed by atoms with Gasteiger partial charge in [0, 0.05) is 5.92 Å². The van der Waals surface area contributed by atoms with Gasteiger partial charge in [-0.1, -0.05) is 26.0 Å². The molecular weight excluding hydrogens is 256 g/mol. The second-order valence-corrected chi connectivity index (χ2v) is 5.63. The van der Waals surface area contributed by atoms with E-state index in [4.69, 9.17) is 9.15 Å². The van der Waals surface area contributed by atoms with Gasteiger partial charge in [-0.15, -0.1) is 0 Å². The van der Waals surface area contributed by atoms with Crippen LogP contribution in [0.25, 0.3) is 11.0 Å². The molecule has 0 saturated carbocycles. The molecule has 0 bridgehead atoms. The van der Waals surface area contributed by atoms with Gasteiger partial charge in [-0.2, -0.15) is 0 Å². The first-order chi connectivity index (χ1) is 9.56. The number of para-hydroxylation sites is 1. The van der Waals surface area contributed by atoms with E-state index in [2.05, 4.69) is 13.8 Å². The summed E-state index contributed by atoms with van der Waals surface area (Å²) in [6.07, 6.45) is 1.01. The molecule has 1 aliphatic rings. The summed E-state index contributed by atoms with van der Waals surface area (Å²) >= 11 is 0. The third-order valence-corrected chi connectivity index (χ3v) is 3.59. The van der Waals surface area contributed by atoms with Crippen molar-refractivity contribution in [2.45, 2.75) is 32.6 Å². The summed E-state index contributed by atoms with van der Waals surface area (Å²) in [6, 6.07) is 7.13. The van der Waals surface area contributed by atoms with Crippen molar-refractivity contribution in [3.63, 3.8) is 0 Å². The third-order valence-electron chi connectivity index (χ3n) is 3.59. The van der Waals surface area contributed by atoms with Crippen LogP contribution in [0.1, 0.15) is 38.2 Å². The minimum atomic E-state index is -0.392. The van der Waals surface area contributed by atoms with Gasteiger partial charge in [0.1, 0.15) is 5.58 Å². The Kier molecular flexibility index (Phi) is 3.08. The van der Waals surface area contributed by atoms with Gasteiger partial charge in [0.15, 0.2) is 5.75 Å². The van der Waals surface area contributed by atoms with Gasteiger partial charge in [0.2, 0.25) is 0 Å².